The van der Waals surface area contributed by atoms with Gasteiger partial charge in [0.05, 0.1) is 31.3 Å². The SMILES string of the molecule is COc1ccc(C(O)CC(Nc2ccc([N+](=O)[O-])cc2)c2ccc(C(C)C)cc2)cc1OC. The number of nitro benzene ring substituents is 1. The lowest BCUT2D eigenvalue weighted by Gasteiger charge is -2.24. The van der Waals surface area contributed by atoms with Gasteiger partial charge in [-0.3, -0.25) is 10.1 Å². The minimum absolute atomic E-state index is 0.0312. The van der Waals surface area contributed by atoms with Crippen molar-refractivity contribution in [2.24, 2.45) is 0 Å². The summed E-state index contributed by atoms with van der Waals surface area (Å²) in [5.41, 5.74) is 3.72. The Morgan fingerprint density at radius 3 is 2.00 bits per heavy atom. The Balaban J connectivity index is 1.88. The van der Waals surface area contributed by atoms with Crippen LogP contribution in [0.15, 0.2) is 66.7 Å². The van der Waals surface area contributed by atoms with Gasteiger partial charge in [0.25, 0.3) is 5.69 Å². The molecule has 0 spiro atoms. The zero-order valence-electron chi connectivity index (χ0n) is 19.3. The van der Waals surface area contributed by atoms with Gasteiger partial charge < -0.3 is 19.9 Å². The summed E-state index contributed by atoms with van der Waals surface area (Å²) < 4.78 is 10.7. The monoisotopic (exact) mass is 450 g/mol. The minimum atomic E-state index is -0.773. The Morgan fingerprint density at radius 1 is 0.879 bits per heavy atom. The summed E-state index contributed by atoms with van der Waals surface area (Å²) in [5, 5.41) is 25.4. The fraction of sp³-hybridized carbons (Fsp3) is 0.308. The molecule has 2 unspecified atom stereocenters. The first kappa shape index (κ1) is 24.1. The molecule has 0 saturated heterocycles. The molecule has 0 aliphatic rings. The Kier molecular flexibility index (Phi) is 7.90. The second-order valence-electron chi connectivity index (χ2n) is 8.19. The molecule has 0 fully saturated rings. The lowest BCUT2D eigenvalue weighted by atomic mass is 9.94. The van der Waals surface area contributed by atoms with Crippen LogP contribution in [0.4, 0.5) is 11.4 Å². The van der Waals surface area contributed by atoms with Gasteiger partial charge in [0.2, 0.25) is 0 Å². The molecular formula is C26H30N2O5. The van der Waals surface area contributed by atoms with Crippen molar-refractivity contribution in [2.45, 2.75) is 38.3 Å². The highest BCUT2D eigenvalue weighted by atomic mass is 16.6. The van der Waals surface area contributed by atoms with Crippen molar-refractivity contribution in [3.05, 3.63) is 93.5 Å². The standard InChI is InChI=1S/C26H30N2O5/c1-17(2)18-5-7-19(8-6-18)23(27-21-10-12-22(13-11-21)28(30)31)16-24(29)20-9-14-25(32-3)26(15-20)33-4/h5-15,17,23-24,27,29H,16H2,1-4H3. The van der Waals surface area contributed by atoms with Crippen LogP contribution in [0.5, 0.6) is 11.5 Å². The van der Waals surface area contributed by atoms with Crippen LogP contribution in [0.1, 0.15) is 55.0 Å². The van der Waals surface area contributed by atoms with Crippen molar-refractivity contribution in [3.63, 3.8) is 0 Å². The molecule has 2 N–H and O–H groups in total. The van der Waals surface area contributed by atoms with Crippen LogP contribution in [0.3, 0.4) is 0 Å². The highest BCUT2D eigenvalue weighted by molar-refractivity contribution is 5.50. The Morgan fingerprint density at radius 2 is 1.45 bits per heavy atom. The van der Waals surface area contributed by atoms with E-state index in [9.17, 15) is 15.2 Å². The van der Waals surface area contributed by atoms with E-state index < -0.39 is 11.0 Å². The zero-order valence-corrected chi connectivity index (χ0v) is 19.3. The summed E-state index contributed by atoms with van der Waals surface area (Å²) in [6.07, 6.45) is -0.391. The van der Waals surface area contributed by atoms with Gasteiger partial charge in [-0.15, -0.1) is 0 Å². The second-order valence-corrected chi connectivity index (χ2v) is 8.19. The number of hydrogen-bond acceptors (Lipinski definition) is 6. The van der Waals surface area contributed by atoms with Crippen LogP contribution in [0, 0.1) is 10.1 Å². The molecule has 0 amide bonds. The first-order chi connectivity index (χ1) is 15.8. The lowest BCUT2D eigenvalue weighted by molar-refractivity contribution is -0.384. The molecule has 0 bridgehead atoms. The van der Waals surface area contributed by atoms with E-state index in [1.165, 1.54) is 17.7 Å². The van der Waals surface area contributed by atoms with E-state index >= 15 is 0 Å². The third-order valence-electron chi connectivity index (χ3n) is 5.68. The van der Waals surface area contributed by atoms with Gasteiger partial charge in [-0.25, -0.2) is 0 Å². The Hall–Kier alpha value is -3.58. The number of nitrogens with zero attached hydrogens (tertiary/aromatic N) is 1. The number of anilines is 1. The topological polar surface area (TPSA) is 93.9 Å². The average molecular weight is 451 g/mol. The molecule has 0 heterocycles. The molecule has 2 atom stereocenters. The molecule has 3 aromatic carbocycles. The highest BCUT2D eigenvalue weighted by Crippen LogP contribution is 2.35. The van der Waals surface area contributed by atoms with Crippen LogP contribution in [-0.2, 0) is 0 Å². The van der Waals surface area contributed by atoms with Crippen LogP contribution in [-0.4, -0.2) is 24.2 Å². The van der Waals surface area contributed by atoms with Gasteiger partial charge in [-0.1, -0.05) is 44.2 Å². The number of aliphatic hydroxyl groups is 1. The third kappa shape index (κ3) is 6.02. The molecule has 174 valence electrons. The quantitative estimate of drug-likeness (QED) is 0.290. The van der Waals surface area contributed by atoms with E-state index in [0.717, 1.165) is 11.3 Å². The first-order valence-electron chi connectivity index (χ1n) is 10.8. The number of methoxy groups -OCH3 is 2. The molecule has 33 heavy (non-hydrogen) atoms. The molecule has 0 aliphatic heterocycles. The second kappa shape index (κ2) is 10.8. The normalized spacial score (nSPS) is 12.8. The first-order valence-corrected chi connectivity index (χ1v) is 10.8. The fourth-order valence-electron chi connectivity index (χ4n) is 3.69. The largest absolute Gasteiger partial charge is 0.493 e. The number of nitro groups is 1. The van der Waals surface area contributed by atoms with Crippen molar-refractivity contribution >= 4 is 11.4 Å². The lowest BCUT2D eigenvalue weighted by Crippen LogP contribution is -2.15. The summed E-state index contributed by atoms with van der Waals surface area (Å²) in [6.45, 7) is 4.28. The van der Waals surface area contributed by atoms with Crippen LogP contribution in [0.25, 0.3) is 0 Å². The molecule has 0 radical (unpaired) electrons. The van der Waals surface area contributed by atoms with E-state index in [2.05, 4.69) is 43.4 Å². The van der Waals surface area contributed by atoms with Gasteiger partial charge in [0.15, 0.2) is 11.5 Å². The van der Waals surface area contributed by atoms with E-state index in [1.54, 1.807) is 38.5 Å². The minimum Gasteiger partial charge on any atom is -0.493 e. The van der Waals surface area contributed by atoms with Crippen molar-refractivity contribution in [1.82, 2.24) is 0 Å². The van der Waals surface area contributed by atoms with Gasteiger partial charge in [0.1, 0.15) is 0 Å². The van der Waals surface area contributed by atoms with E-state index in [4.69, 9.17) is 9.47 Å². The van der Waals surface area contributed by atoms with E-state index in [-0.39, 0.29) is 11.7 Å². The summed E-state index contributed by atoms with van der Waals surface area (Å²) in [6, 6.07) is 19.7. The van der Waals surface area contributed by atoms with Crippen LogP contribution in [0.2, 0.25) is 0 Å². The maximum absolute atomic E-state index is 11.0. The zero-order chi connectivity index (χ0) is 24.0. The van der Waals surface area contributed by atoms with Crippen molar-refractivity contribution < 1.29 is 19.5 Å². The molecule has 7 nitrogen and oxygen atoms in total. The number of aliphatic hydroxyl groups excluding tert-OH is 1. The number of benzene rings is 3. The molecule has 0 aliphatic carbocycles. The predicted molar refractivity (Wildman–Crippen MR) is 129 cm³/mol. The molecule has 3 aromatic rings. The summed E-state index contributed by atoms with van der Waals surface area (Å²) >= 11 is 0. The Bertz CT molecular complexity index is 1070. The third-order valence-corrected chi connectivity index (χ3v) is 5.68. The maximum atomic E-state index is 11.0. The summed E-state index contributed by atoms with van der Waals surface area (Å²) in [7, 11) is 3.13. The van der Waals surface area contributed by atoms with E-state index in [0.29, 0.717) is 29.4 Å². The smallest absolute Gasteiger partial charge is 0.269 e. The number of ether oxygens (including phenoxy) is 2. The fourth-order valence-corrected chi connectivity index (χ4v) is 3.69. The molecule has 3 rings (SSSR count). The van der Waals surface area contributed by atoms with Crippen LogP contribution < -0.4 is 14.8 Å². The highest BCUT2D eigenvalue weighted by Gasteiger charge is 2.20. The summed E-state index contributed by atoms with van der Waals surface area (Å²) in [5.74, 6) is 1.56. The van der Waals surface area contributed by atoms with E-state index in [1.807, 2.05) is 6.07 Å². The van der Waals surface area contributed by atoms with Gasteiger partial charge in [-0.05, 0) is 46.9 Å². The van der Waals surface area contributed by atoms with Crippen molar-refractivity contribution in [2.75, 3.05) is 19.5 Å². The van der Waals surface area contributed by atoms with Crippen LogP contribution >= 0.6 is 0 Å². The number of nitrogens with one attached hydrogen (secondary N) is 1. The van der Waals surface area contributed by atoms with Crippen molar-refractivity contribution in [3.8, 4) is 11.5 Å². The average Bonchev–Trinajstić information content (AvgIpc) is 2.83. The predicted octanol–water partition coefficient (Wildman–Crippen LogP) is 6.01. The number of non-ortho nitro benzene ring substituents is 1. The van der Waals surface area contributed by atoms with Gasteiger partial charge in [-0.2, -0.15) is 0 Å². The maximum Gasteiger partial charge on any atom is 0.269 e. The summed E-state index contributed by atoms with van der Waals surface area (Å²) in [4.78, 5) is 10.6. The molecule has 0 saturated carbocycles. The molecule has 7 heteroatoms. The Labute approximate surface area is 194 Å². The number of hydrogen-bond donors (Lipinski definition) is 2. The van der Waals surface area contributed by atoms with Gasteiger partial charge >= 0.3 is 0 Å². The molecule has 0 aromatic heterocycles. The van der Waals surface area contributed by atoms with Gasteiger partial charge in [0, 0.05) is 24.2 Å². The van der Waals surface area contributed by atoms with Crippen molar-refractivity contribution in [1.29, 1.82) is 0 Å². The number of rotatable bonds is 10. The molecular weight excluding hydrogens is 420 g/mol.